The van der Waals surface area contributed by atoms with Crippen LogP contribution in [0.1, 0.15) is 21.5 Å². The summed E-state index contributed by atoms with van der Waals surface area (Å²) >= 11 is 0. The molecule has 4 heteroatoms. The molecule has 0 radical (unpaired) electrons. The summed E-state index contributed by atoms with van der Waals surface area (Å²) in [5.41, 5.74) is 7.78. The van der Waals surface area contributed by atoms with Gasteiger partial charge < -0.3 is 15.2 Å². The Hall–Kier alpha value is -2.49. The molecular formula is C16H17NO3. The normalized spacial score (nSPS) is 10.1. The molecule has 2 aromatic rings. The summed E-state index contributed by atoms with van der Waals surface area (Å²) in [7, 11) is 3.22. The largest absolute Gasteiger partial charge is 0.497 e. The van der Waals surface area contributed by atoms with Crippen LogP contribution in [0, 0.1) is 0 Å². The number of methoxy groups -OCH3 is 2. The predicted molar refractivity (Wildman–Crippen MR) is 77.3 cm³/mol. The molecule has 4 nitrogen and oxygen atoms in total. The van der Waals surface area contributed by atoms with Crippen molar-refractivity contribution in [3.05, 3.63) is 59.2 Å². The molecule has 0 aliphatic carbocycles. The average Bonchev–Trinajstić information content (AvgIpc) is 2.48. The van der Waals surface area contributed by atoms with Crippen molar-refractivity contribution in [2.75, 3.05) is 14.2 Å². The second kappa shape index (κ2) is 6.10. The molecule has 0 aliphatic rings. The van der Waals surface area contributed by atoms with Gasteiger partial charge in [0, 0.05) is 18.1 Å². The van der Waals surface area contributed by atoms with Crippen LogP contribution in [0.5, 0.6) is 11.5 Å². The zero-order valence-electron chi connectivity index (χ0n) is 11.6. The standard InChI is InChI=1S/C16H17NO3/c1-19-13-8-7-12(15(10-13)20-2)9-11-5-3-4-6-14(11)16(17)18/h3-8,10H,9H2,1-2H3,(H2,17,18). The highest BCUT2D eigenvalue weighted by molar-refractivity contribution is 5.94. The Kier molecular flexibility index (Phi) is 4.25. The smallest absolute Gasteiger partial charge is 0.248 e. The minimum absolute atomic E-state index is 0.423. The topological polar surface area (TPSA) is 61.5 Å². The number of amides is 1. The second-order valence-electron chi connectivity index (χ2n) is 4.38. The maximum atomic E-state index is 11.4. The Morgan fingerprint density at radius 3 is 2.45 bits per heavy atom. The van der Waals surface area contributed by atoms with Gasteiger partial charge >= 0.3 is 0 Å². The van der Waals surface area contributed by atoms with E-state index >= 15 is 0 Å². The van der Waals surface area contributed by atoms with E-state index in [1.165, 1.54) is 0 Å². The number of nitrogens with two attached hydrogens (primary N) is 1. The van der Waals surface area contributed by atoms with Gasteiger partial charge in [0.1, 0.15) is 11.5 Å². The third-order valence-electron chi connectivity index (χ3n) is 3.16. The summed E-state index contributed by atoms with van der Waals surface area (Å²) in [6, 6.07) is 12.9. The molecule has 2 rings (SSSR count). The fraction of sp³-hybridized carbons (Fsp3) is 0.188. The number of primary amides is 1. The van der Waals surface area contributed by atoms with Gasteiger partial charge in [-0.2, -0.15) is 0 Å². The van der Waals surface area contributed by atoms with Crippen LogP contribution in [-0.2, 0) is 6.42 Å². The van der Waals surface area contributed by atoms with E-state index in [1.807, 2.05) is 30.3 Å². The van der Waals surface area contributed by atoms with Crippen LogP contribution in [-0.4, -0.2) is 20.1 Å². The number of benzene rings is 2. The van der Waals surface area contributed by atoms with Gasteiger partial charge in [-0.05, 0) is 23.3 Å². The third-order valence-corrected chi connectivity index (χ3v) is 3.16. The number of ether oxygens (including phenoxy) is 2. The SMILES string of the molecule is COc1ccc(Cc2ccccc2C(N)=O)c(OC)c1. The van der Waals surface area contributed by atoms with Gasteiger partial charge in [0.2, 0.25) is 5.91 Å². The van der Waals surface area contributed by atoms with E-state index in [0.717, 1.165) is 22.6 Å². The van der Waals surface area contributed by atoms with Gasteiger partial charge in [-0.3, -0.25) is 4.79 Å². The molecule has 0 saturated carbocycles. The maximum Gasteiger partial charge on any atom is 0.248 e. The summed E-state index contributed by atoms with van der Waals surface area (Å²) in [5, 5.41) is 0. The first-order valence-electron chi connectivity index (χ1n) is 6.24. The first-order valence-corrected chi connectivity index (χ1v) is 6.24. The molecule has 0 aromatic heterocycles. The predicted octanol–water partition coefficient (Wildman–Crippen LogP) is 2.39. The molecule has 0 atom stereocenters. The maximum absolute atomic E-state index is 11.4. The Bertz CT molecular complexity index is 623. The number of carbonyl (C=O) groups excluding carboxylic acids is 1. The van der Waals surface area contributed by atoms with Crippen molar-refractivity contribution in [2.24, 2.45) is 5.73 Å². The van der Waals surface area contributed by atoms with Crippen molar-refractivity contribution in [1.29, 1.82) is 0 Å². The molecule has 1 amide bonds. The van der Waals surface area contributed by atoms with Gasteiger partial charge in [0.15, 0.2) is 0 Å². The molecule has 2 N–H and O–H groups in total. The Labute approximate surface area is 118 Å². The van der Waals surface area contributed by atoms with Crippen molar-refractivity contribution in [2.45, 2.75) is 6.42 Å². The quantitative estimate of drug-likeness (QED) is 0.908. The van der Waals surface area contributed by atoms with Gasteiger partial charge in [0.05, 0.1) is 14.2 Å². The number of hydrogen-bond acceptors (Lipinski definition) is 3. The second-order valence-corrected chi connectivity index (χ2v) is 4.38. The highest BCUT2D eigenvalue weighted by Crippen LogP contribution is 2.27. The van der Waals surface area contributed by atoms with Crippen LogP contribution < -0.4 is 15.2 Å². The zero-order valence-corrected chi connectivity index (χ0v) is 11.6. The summed E-state index contributed by atoms with van der Waals surface area (Å²) in [5.74, 6) is 1.03. The average molecular weight is 271 g/mol. The number of hydrogen-bond donors (Lipinski definition) is 1. The first kappa shape index (κ1) is 13.9. The van der Waals surface area contributed by atoms with Crippen molar-refractivity contribution < 1.29 is 14.3 Å². The van der Waals surface area contributed by atoms with Crippen molar-refractivity contribution in [1.82, 2.24) is 0 Å². The Balaban J connectivity index is 2.37. The minimum atomic E-state index is -0.423. The summed E-state index contributed by atoms with van der Waals surface area (Å²) in [6.07, 6.45) is 0.576. The van der Waals surface area contributed by atoms with Crippen LogP contribution in [0.3, 0.4) is 0 Å². The summed E-state index contributed by atoms with van der Waals surface area (Å²) in [6.45, 7) is 0. The number of rotatable bonds is 5. The monoisotopic (exact) mass is 271 g/mol. The molecule has 104 valence electrons. The Morgan fingerprint density at radius 1 is 1.05 bits per heavy atom. The van der Waals surface area contributed by atoms with Gasteiger partial charge in [-0.15, -0.1) is 0 Å². The van der Waals surface area contributed by atoms with Gasteiger partial charge in [-0.1, -0.05) is 24.3 Å². The molecule has 2 aromatic carbocycles. The van der Waals surface area contributed by atoms with Crippen LogP contribution in [0.4, 0.5) is 0 Å². The van der Waals surface area contributed by atoms with E-state index in [-0.39, 0.29) is 0 Å². The molecule has 20 heavy (non-hydrogen) atoms. The van der Waals surface area contributed by atoms with Crippen LogP contribution >= 0.6 is 0 Å². The van der Waals surface area contributed by atoms with E-state index in [4.69, 9.17) is 15.2 Å². The van der Waals surface area contributed by atoms with Crippen LogP contribution in [0.25, 0.3) is 0 Å². The Morgan fingerprint density at radius 2 is 1.80 bits per heavy atom. The van der Waals surface area contributed by atoms with E-state index in [9.17, 15) is 4.79 Å². The minimum Gasteiger partial charge on any atom is -0.497 e. The van der Waals surface area contributed by atoms with E-state index in [0.29, 0.717) is 12.0 Å². The molecule has 0 fully saturated rings. The molecule has 0 unspecified atom stereocenters. The number of carbonyl (C=O) groups is 1. The lowest BCUT2D eigenvalue weighted by atomic mass is 9.98. The van der Waals surface area contributed by atoms with Gasteiger partial charge in [0.25, 0.3) is 0 Å². The van der Waals surface area contributed by atoms with E-state index < -0.39 is 5.91 Å². The zero-order chi connectivity index (χ0) is 14.5. The highest BCUT2D eigenvalue weighted by atomic mass is 16.5. The van der Waals surface area contributed by atoms with Crippen molar-refractivity contribution >= 4 is 5.91 Å². The van der Waals surface area contributed by atoms with Crippen molar-refractivity contribution in [3.63, 3.8) is 0 Å². The lowest BCUT2D eigenvalue weighted by molar-refractivity contribution is 0.0999. The fourth-order valence-electron chi connectivity index (χ4n) is 2.12. The van der Waals surface area contributed by atoms with Crippen LogP contribution in [0.15, 0.2) is 42.5 Å². The molecule has 0 aliphatic heterocycles. The van der Waals surface area contributed by atoms with Gasteiger partial charge in [-0.25, -0.2) is 0 Å². The molecule has 0 saturated heterocycles. The molecular weight excluding hydrogens is 254 g/mol. The molecule has 0 bridgehead atoms. The van der Waals surface area contributed by atoms with E-state index in [1.54, 1.807) is 26.4 Å². The first-order chi connectivity index (χ1) is 9.65. The molecule has 0 spiro atoms. The third kappa shape index (κ3) is 2.91. The summed E-state index contributed by atoms with van der Waals surface area (Å²) < 4.78 is 10.5. The van der Waals surface area contributed by atoms with Crippen LogP contribution in [0.2, 0.25) is 0 Å². The summed E-state index contributed by atoms with van der Waals surface area (Å²) in [4.78, 5) is 11.4. The lowest BCUT2D eigenvalue weighted by Crippen LogP contribution is -2.13. The fourth-order valence-corrected chi connectivity index (χ4v) is 2.12. The lowest BCUT2D eigenvalue weighted by Gasteiger charge is -2.12. The van der Waals surface area contributed by atoms with E-state index in [2.05, 4.69) is 0 Å². The highest BCUT2D eigenvalue weighted by Gasteiger charge is 2.11. The molecule has 0 heterocycles. The van der Waals surface area contributed by atoms with Crippen molar-refractivity contribution in [3.8, 4) is 11.5 Å².